The number of rotatable bonds is 37. The van der Waals surface area contributed by atoms with Gasteiger partial charge in [0.25, 0.3) is 0 Å². The van der Waals surface area contributed by atoms with Crippen LogP contribution in [0.4, 0.5) is 5.69 Å². The number of unbranched alkanes of at least 4 members (excludes halogenated alkanes) is 3. The third-order valence-corrected chi connectivity index (χ3v) is 6.19. The molecule has 0 atom stereocenters. The molecule has 12 nitrogen and oxygen atoms in total. The van der Waals surface area contributed by atoms with Crippen LogP contribution < -0.4 is 10.5 Å². The van der Waals surface area contributed by atoms with E-state index in [2.05, 4.69) is 0 Å². The normalized spacial score (nSPS) is 11.4. The van der Waals surface area contributed by atoms with Crippen molar-refractivity contribution < 1.29 is 52.1 Å². The van der Waals surface area contributed by atoms with E-state index < -0.39 is 0 Å². The summed E-state index contributed by atoms with van der Waals surface area (Å²) in [5.41, 5.74) is 6.44. The monoisotopic (exact) mass is 667 g/mol. The topological polar surface area (TPSA) is 128 Å². The third kappa shape index (κ3) is 31.1. The fourth-order valence-corrected chi connectivity index (χ4v) is 3.74. The minimum absolute atomic E-state index is 0.440. The number of alkyl halides is 1. The van der Waals surface area contributed by atoms with E-state index in [0.717, 1.165) is 25.3 Å². The smallest absolute Gasteiger partial charge is 0.142 e. The van der Waals surface area contributed by atoms with Crippen LogP contribution in [-0.4, -0.2) is 145 Å². The number of hydrogen-bond acceptors (Lipinski definition) is 12. The minimum Gasteiger partial charge on any atom is -0.489 e. The Hall–Kier alpha value is -1.29. The van der Waals surface area contributed by atoms with Crippen LogP contribution in [0.15, 0.2) is 24.3 Å². The molecule has 264 valence electrons. The van der Waals surface area contributed by atoms with Crippen LogP contribution in [0.25, 0.3) is 0 Å². The lowest BCUT2D eigenvalue weighted by Crippen LogP contribution is -2.15. The number of halogens is 1. The van der Waals surface area contributed by atoms with Gasteiger partial charge in [0.15, 0.2) is 0 Å². The van der Waals surface area contributed by atoms with Crippen molar-refractivity contribution in [2.75, 3.05) is 150 Å². The highest BCUT2D eigenvalue weighted by Gasteiger charge is 1.99. The summed E-state index contributed by atoms with van der Waals surface area (Å²) < 4.78 is 60.4. The Balaban J connectivity index is 1.62. The van der Waals surface area contributed by atoms with E-state index in [1.807, 2.05) is 18.2 Å². The highest BCUT2D eigenvalue weighted by Crippen LogP contribution is 2.19. The highest BCUT2D eigenvalue weighted by atomic mass is 35.5. The lowest BCUT2D eigenvalue weighted by atomic mass is 10.2. The van der Waals surface area contributed by atoms with E-state index in [0.29, 0.717) is 144 Å². The Morgan fingerprint density at radius 3 is 1.04 bits per heavy atom. The Labute approximate surface area is 275 Å². The quantitative estimate of drug-likeness (QED) is 0.0633. The maximum Gasteiger partial charge on any atom is 0.142 e. The van der Waals surface area contributed by atoms with Crippen molar-refractivity contribution in [1.82, 2.24) is 0 Å². The summed E-state index contributed by atoms with van der Waals surface area (Å²) in [4.78, 5) is 0. The van der Waals surface area contributed by atoms with Crippen molar-refractivity contribution in [3.8, 4) is 5.75 Å². The number of para-hydroxylation sites is 2. The number of benzene rings is 1. The van der Waals surface area contributed by atoms with Crippen LogP contribution in [0.1, 0.15) is 25.7 Å². The maximum absolute atomic E-state index is 5.82. The Kier molecular flexibility index (Phi) is 33.0. The van der Waals surface area contributed by atoms with Gasteiger partial charge >= 0.3 is 0 Å². The molecule has 1 aromatic carbocycles. The standard InChI is InChI=1S/C32H58ClNO11/c33-9-5-1-2-6-10-35-11-12-36-13-14-37-15-16-38-17-18-39-19-20-40-21-22-41-23-24-42-25-26-43-27-28-44-29-30-45-32-8-4-3-7-31(32)34/h3-4,7-8H,1-2,5-6,9-30,34H2. The van der Waals surface area contributed by atoms with Gasteiger partial charge in [-0.2, -0.15) is 0 Å². The molecule has 0 saturated carbocycles. The Morgan fingerprint density at radius 2 is 0.689 bits per heavy atom. The fraction of sp³-hybridized carbons (Fsp3) is 0.812. The largest absolute Gasteiger partial charge is 0.489 e. The fourth-order valence-electron chi connectivity index (χ4n) is 3.56. The lowest BCUT2D eigenvalue weighted by molar-refractivity contribution is -0.0267. The second-order valence-corrected chi connectivity index (χ2v) is 9.99. The van der Waals surface area contributed by atoms with Crippen molar-refractivity contribution in [1.29, 1.82) is 0 Å². The molecule has 0 amide bonds. The predicted molar refractivity (Wildman–Crippen MR) is 174 cm³/mol. The number of ether oxygens (including phenoxy) is 11. The van der Waals surface area contributed by atoms with Gasteiger partial charge in [-0.25, -0.2) is 0 Å². The van der Waals surface area contributed by atoms with Crippen molar-refractivity contribution in [3.05, 3.63) is 24.3 Å². The zero-order chi connectivity index (χ0) is 32.1. The zero-order valence-corrected chi connectivity index (χ0v) is 27.9. The van der Waals surface area contributed by atoms with Gasteiger partial charge in [-0.15, -0.1) is 11.6 Å². The summed E-state index contributed by atoms with van der Waals surface area (Å²) in [7, 11) is 0. The summed E-state index contributed by atoms with van der Waals surface area (Å²) >= 11 is 5.65. The number of nitrogens with two attached hydrogens (primary N) is 1. The molecule has 0 radical (unpaired) electrons. The molecule has 0 aliphatic rings. The van der Waals surface area contributed by atoms with Gasteiger partial charge in [0, 0.05) is 12.5 Å². The summed E-state index contributed by atoms with van der Waals surface area (Å²) in [5.74, 6) is 1.41. The SMILES string of the molecule is Nc1ccccc1OCCOCCOCCOCCOCCOCCOCCOCCOCCOCCOCCCCCCCl. The van der Waals surface area contributed by atoms with Gasteiger partial charge < -0.3 is 57.8 Å². The van der Waals surface area contributed by atoms with Crippen molar-refractivity contribution in [3.63, 3.8) is 0 Å². The van der Waals surface area contributed by atoms with Gasteiger partial charge in [0.2, 0.25) is 0 Å². The number of nitrogen functional groups attached to an aromatic ring is 1. The summed E-state index contributed by atoms with van der Waals surface area (Å²) in [6.07, 6.45) is 4.50. The molecule has 0 unspecified atom stereocenters. The first-order valence-electron chi connectivity index (χ1n) is 16.1. The maximum atomic E-state index is 5.82. The number of anilines is 1. The molecular formula is C32H58ClNO11. The average molecular weight is 668 g/mol. The Morgan fingerprint density at radius 1 is 0.378 bits per heavy atom. The molecule has 0 bridgehead atoms. The lowest BCUT2D eigenvalue weighted by Gasteiger charge is -2.09. The molecule has 0 aliphatic heterocycles. The van der Waals surface area contributed by atoms with Crippen molar-refractivity contribution >= 4 is 17.3 Å². The first kappa shape index (κ1) is 41.7. The predicted octanol–water partition coefficient (Wildman–Crippen LogP) is 3.61. The second kappa shape index (κ2) is 35.6. The zero-order valence-electron chi connectivity index (χ0n) is 27.1. The van der Waals surface area contributed by atoms with E-state index in [1.54, 1.807) is 6.07 Å². The second-order valence-electron chi connectivity index (χ2n) is 9.61. The van der Waals surface area contributed by atoms with Gasteiger partial charge in [-0.3, -0.25) is 0 Å². The average Bonchev–Trinajstić information content (AvgIpc) is 3.05. The molecule has 45 heavy (non-hydrogen) atoms. The minimum atomic E-state index is 0.440. The Bertz CT molecular complexity index is 723. The summed E-state index contributed by atoms with van der Waals surface area (Å²) in [5, 5.41) is 0. The number of hydrogen-bond donors (Lipinski definition) is 1. The summed E-state index contributed by atoms with van der Waals surface area (Å²) in [6, 6.07) is 7.38. The highest BCUT2D eigenvalue weighted by molar-refractivity contribution is 6.17. The van der Waals surface area contributed by atoms with Gasteiger partial charge in [0.05, 0.1) is 131 Å². The molecule has 0 heterocycles. The van der Waals surface area contributed by atoms with Crippen molar-refractivity contribution in [2.45, 2.75) is 25.7 Å². The van der Waals surface area contributed by atoms with E-state index in [-0.39, 0.29) is 0 Å². The van der Waals surface area contributed by atoms with Crippen LogP contribution in [-0.2, 0) is 47.4 Å². The first-order valence-corrected chi connectivity index (χ1v) is 16.7. The molecule has 2 N–H and O–H groups in total. The third-order valence-electron chi connectivity index (χ3n) is 5.92. The van der Waals surface area contributed by atoms with E-state index in [9.17, 15) is 0 Å². The molecule has 0 aromatic heterocycles. The van der Waals surface area contributed by atoms with Crippen LogP contribution in [0.2, 0.25) is 0 Å². The molecule has 1 aromatic rings. The van der Waals surface area contributed by atoms with E-state index >= 15 is 0 Å². The summed E-state index contributed by atoms with van der Waals surface area (Å²) in [6.45, 7) is 11.2. The molecule has 0 fully saturated rings. The molecule has 0 aliphatic carbocycles. The van der Waals surface area contributed by atoms with Crippen LogP contribution in [0.3, 0.4) is 0 Å². The van der Waals surface area contributed by atoms with Crippen LogP contribution in [0, 0.1) is 0 Å². The van der Waals surface area contributed by atoms with Gasteiger partial charge in [0.1, 0.15) is 12.4 Å². The van der Waals surface area contributed by atoms with Crippen LogP contribution >= 0.6 is 11.6 Å². The van der Waals surface area contributed by atoms with Crippen LogP contribution in [0.5, 0.6) is 5.75 Å². The molecule has 13 heteroatoms. The molecule has 0 saturated heterocycles. The molecule has 1 rings (SSSR count). The van der Waals surface area contributed by atoms with Crippen molar-refractivity contribution in [2.24, 2.45) is 0 Å². The van der Waals surface area contributed by atoms with E-state index in [4.69, 9.17) is 69.4 Å². The molecule has 0 spiro atoms. The first-order chi connectivity index (χ1) is 22.3. The molecular weight excluding hydrogens is 610 g/mol. The van der Waals surface area contributed by atoms with Gasteiger partial charge in [-0.05, 0) is 25.0 Å². The van der Waals surface area contributed by atoms with E-state index in [1.165, 1.54) is 12.8 Å². The van der Waals surface area contributed by atoms with Gasteiger partial charge in [-0.1, -0.05) is 25.0 Å².